The normalized spacial score (nSPS) is 12.3. The summed E-state index contributed by atoms with van der Waals surface area (Å²) >= 11 is 0. The molecule has 0 aliphatic heterocycles. The molecular weight excluding hydrogens is 290 g/mol. The second kappa shape index (κ2) is 6.43. The fraction of sp³-hybridized carbons (Fsp3) is 0.500. The van der Waals surface area contributed by atoms with E-state index in [-0.39, 0.29) is 18.7 Å². The minimum Gasteiger partial charge on any atom is -0.396 e. The van der Waals surface area contributed by atoms with Crippen molar-refractivity contribution in [1.82, 2.24) is 5.32 Å². The predicted octanol–water partition coefficient (Wildman–Crippen LogP) is 2.98. The van der Waals surface area contributed by atoms with Crippen molar-refractivity contribution >= 4 is 5.91 Å². The zero-order chi connectivity index (χ0) is 16.3. The molecule has 0 saturated carbocycles. The van der Waals surface area contributed by atoms with Gasteiger partial charge in [-0.05, 0) is 30.0 Å². The Labute approximate surface area is 120 Å². The van der Waals surface area contributed by atoms with E-state index in [0.29, 0.717) is 18.6 Å². The average molecular weight is 307 g/mol. The molecule has 7 heteroatoms. The largest absolute Gasteiger partial charge is 0.419 e. The molecular formula is C14H17F4NO2. The molecule has 0 atom stereocenters. The number of aliphatic hydroxyl groups is 1. The molecule has 0 unspecified atom stereocenters. The third kappa shape index (κ3) is 5.00. The fourth-order valence-corrected chi connectivity index (χ4v) is 1.70. The highest BCUT2D eigenvalue weighted by atomic mass is 19.4. The summed E-state index contributed by atoms with van der Waals surface area (Å²) in [6.45, 7) is 3.73. The Bertz CT molecular complexity index is 512. The fourth-order valence-electron chi connectivity index (χ4n) is 1.70. The average Bonchev–Trinajstić information content (AvgIpc) is 2.35. The summed E-state index contributed by atoms with van der Waals surface area (Å²) in [5.41, 5.74) is -2.12. The van der Waals surface area contributed by atoms with Crippen molar-refractivity contribution < 1.29 is 27.5 Å². The highest BCUT2D eigenvalue weighted by Crippen LogP contribution is 2.31. The summed E-state index contributed by atoms with van der Waals surface area (Å²) in [5, 5.41) is 11.3. The molecule has 0 aromatic heterocycles. The monoisotopic (exact) mass is 307 g/mol. The smallest absolute Gasteiger partial charge is 0.396 e. The standard InChI is InChI=1S/C14H17F4NO2/c1-13(2,5-6-20)8-19-12(21)9-3-4-11(15)10(7-9)14(16,17)18/h3-4,7,20H,5-6,8H2,1-2H3,(H,19,21). The van der Waals surface area contributed by atoms with E-state index in [4.69, 9.17) is 5.11 Å². The van der Waals surface area contributed by atoms with Crippen molar-refractivity contribution in [3.63, 3.8) is 0 Å². The van der Waals surface area contributed by atoms with Gasteiger partial charge in [-0.25, -0.2) is 4.39 Å². The Morgan fingerprint density at radius 1 is 1.29 bits per heavy atom. The lowest BCUT2D eigenvalue weighted by atomic mass is 9.89. The third-order valence-electron chi connectivity index (χ3n) is 3.05. The van der Waals surface area contributed by atoms with Gasteiger partial charge in [-0.2, -0.15) is 13.2 Å². The van der Waals surface area contributed by atoms with E-state index >= 15 is 0 Å². The van der Waals surface area contributed by atoms with Gasteiger partial charge in [0.1, 0.15) is 5.82 Å². The van der Waals surface area contributed by atoms with Gasteiger partial charge in [0.2, 0.25) is 0 Å². The SMILES string of the molecule is CC(C)(CCO)CNC(=O)c1ccc(F)c(C(F)(F)F)c1. The van der Waals surface area contributed by atoms with Crippen molar-refractivity contribution in [3.05, 3.63) is 35.1 Å². The van der Waals surface area contributed by atoms with Gasteiger partial charge in [0.15, 0.2) is 0 Å². The minimum absolute atomic E-state index is 0.0579. The zero-order valence-electron chi connectivity index (χ0n) is 11.7. The number of hydrogen-bond donors (Lipinski definition) is 2. The van der Waals surface area contributed by atoms with E-state index in [1.165, 1.54) is 0 Å². The Morgan fingerprint density at radius 2 is 1.90 bits per heavy atom. The summed E-state index contributed by atoms with van der Waals surface area (Å²) in [4.78, 5) is 11.8. The number of nitrogens with one attached hydrogen (secondary N) is 1. The van der Waals surface area contributed by atoms with Crippen LogP contribution in [-0.2, 0) is 6.18 Å². The van der Waals surface area contributed by atoms with Crippen LogP contribution in [0.15, 0.2) is 18.2 Å². The van der Waals surface area contributed by atoms with Gasteiger partial charge in [0.05, 0.1) is 5.56 Å². The molecule has 0 radical (unpaired) electrons. The quantitative estimate of drug-likeness (QED) is 0.822. The molecule has 0 aliphatic rings. The van der Waals surface area contributed by atoms with Crippen molar-refractivity contribution in [3.8, 4) is 0 Å². The number of aliphatic hydroxyl groups excluding tert-OH is 1. The first kappa shape index (κ1) is 17.4. The highest BCUT2D eigenvalue weighted by molar-refractivity contribution is 5.94. The van der Waals surface area contributed by atoms with Crippen LogP contribution in [0.25, 0.3) is 0 Å². The van der Waals surface area contributed by atoms with Crippen molar-refractivity contribution in [2.45, 2.75) is 26.4 Å². The van der Waals surface area contributed by atoms with Crippen LogP contribution in [0.1, 0.15) is 36.2 Å². The summed E-state index contributed by atoms with van der Waals surface area (Å²) < 4.78 is 50.8. The molecule has 0 heterocycles. The van der Waals surface area contributed by atoms with Gasteiger partial charge in [-0.15, -0.1) is 0 Å². The van der Waals surface area contributed by atoms with Crippen LogP contribution < -0.4 is 5.32 Å². The van der Waals surface area contributed by atoms with Gasteiger partial charge in [0, 0.05) is 18.7 Å². The second-order valence-electron chi connectivity index (χ2n) is 5.51. The molecule has 118 valence electrons. The van der Waals surface area contributed by atoms with Crippen LogP contribution >= 0.6 is 0 Å². The molecule has 1 amide bonds. The van der Waals surface area contributed by atoms with E-state index < -0.39 is 28.9 Å². The lowest BCUT2D eigenvalue weighted by molar-refractivity contribution is -0.140. The van der Waals surface area contributed by atoms with Crippen molar-refractivity contribution in [1.29, 1.82) is 0 Å². The van der Waals surface area contributed by atoms with Gasteiger partial charge in [0.25, 0.3) is 5.91 Å². The zero-order valence-corrected chi connectivity index (χ0v) is 11.7. The van der Waals surface area contributed by atoms with Gasteiger partial charge in [-0.3, -0.25) is 4.79 Å². The van der Waals surface area contributed by atoms with Gasteiger partial charge >= 0.3 is 6.18 Å². The van der Waals surface area contributed by atoms with Gasteiger partial charge < -0.3 is 10.4 Å². The molecule has 3 nitrogen and oxygen atoms in total. The summed E-state index contributed by atoms with van der Waals surface area (Å²) in [5.74, 6) is -2.13. The molecule has 0 bridgehead atoms. The Balaban J connectivity index is 2.85. The molecule has 0 fully saturated rings. The number of carbonyl (C=O) groups excluding carboxylic acids is 1. The molecule has 0 spiro atoms. The lowest BCUT2D eigenvalue weighted by Gasteiger charge is -2.23. The maximum atomic E-state index is 13.1. The number of benzene rings is 1. The minimum atomic E-state index is -4.85. The molecule has 1 rings (SSSR count). The van der Waals surface area contributed by atoms with E-state index in [0.717, 1.165) is 6.07 Å². The topological polar surface area (TPSA) is 49.3 Å². The first-order valence-corrected chi connectivity index (χ1v) is 6.32. The summed E-state index contributed by atoms with van der Waals surface area (Å²) in [7, 11) is 0. The molecule has 21 heavy (non-hydrogen) atoms. The maximum Gasteiger partial charge on any atom is 0.419 e. The Kier molecular flexibility index (Phi) is 5.33. The van der Waals surface area contributed by atoms with Crippen LogP contribution in [0.2, 0.25) is 0 Å². The van der Waals surface area contributed by atoms with E-state index in [1.54, 1.807) is 13.8 Å². The van der Waals surface area contributed by atoms with Crippen LogP contribution in [0.4, 0.5) is 17.6 Å². The van der Waals surface area contributed by atoms with E-state index in [1.807, 2.05) is 0 Å². The number of hydrogen-bond acceptors (Lipinski definition) is 2. The van der Waals surface area contributed by atoms with Gasteiger partial charge in [-0.1, -0.05) is 13.8 Å². The number of carbonyl (C=O) groups is 1. The van der Waals surface area contributed by atoms with Crippen LogP contribution in [0.5, 0.6) is 0 Å². The Morgan fingerprint density at radius 3 is 2.43 bits per heavy atom. The number of rotatable bonds is 5. The van der Waals surface area contributed by atoms with Crippen LogP contribution in [0, 0.1) is 11.2 Å². The molecule has 1 aromatic carbocycles. The molecule has 1 aromatic rings. The highest BCUT2D eigenvalue weighted by Gasteiger charge is 2.34. The van der Waals surface area contributed by atoms with Crippen molar-refractivity contribution in [2.24, 2.45) is 5.41 Å². The number of alkyl halides is 3. The predicted molar refractivity (Wildman–Crippen MR) is 69.2 cm³/mol. The number of amides is 1. The van der Waals surface area contributed by atoms with Crippen LogP contribution in [-0.4, -0.2) is 24.2 Å². The molecule has 2 N–H and O–H groups in total. The van der Waals surface area contributed by atoms with Crippen LogP contribution in [0.3, 0.4) is 0 Å². The first-order valence-electron chi connectivity index (χ1n) is 6.32. The van der Waals surface area contributed by atoms with Crippen molar-refractivity contribution in [2.75, 3.05) is 13.2 Å². The van der Waals surface area contributed by atoms with E-state index in [9.17, 15) is 22.4 Å². The summed E-state index contributed by atoms with van der Waals surface area (Å²) in [6.07, 6.45) is -4.42. The Hall–Kier alpha value is -1.63. The van der Waals surface area contributed by atoms with E-state index in [2.05, 4.69) is 5.32 Å². The maximum absolute atomic E-state index is 13.1. The summed E-state index contributed by atoms with van der Waals surface area (Å²) in [6, 6.07) is 2.11. The third-order valence-corrected chi connectivity index (χ3v) is 3.05. The lowest BCUT2D eigenvalue weighted by Crippen LogP contribution is -2.34. The molecule has 0 aliphatic carbocycles. The molecule has 0 saturated heterocycles. The number of halogens is 4. The first-order chi connectivity index (χ1) is 9.57. The second-order valence-corrected chi connectivity index (χ2v) is 5.51.